The lowest BCUT2D eigenvalue weighted by Gasteiger charge is -2.11. The lowest BCUT2D eigenvalue weighted by atomic mass is 10.1. The van der Waals surface area contributed by atoms with Crippen LogP contribution in [0.3, 0.4) is 0 Å². The third-order valence-electron chi connectivity index (χ3n) is 3.59. The maximum Gasteiger partial charge on any atom is 0.307 e. The Bertz CT molecular complexity index is 886. The van der Waals surface area contributed by atoms with Crippen molar-refractivity contribution in [3.63, 3.8) is 0 Å². The van der Waals surface area contributed by atoms with E-state index >= 15 is 0 Å². The fourth-order valence-electron chi connectivity index (χ4n) is 2.38. The van der Waals surface area contributed by atoms with Gasteiger partial charge in [0.05, 0.1) is 25.8 Å². The van der Waals surface area contributed by atoms with Crippen molar-refractivity contribution in [2.45, 2.75) is 13.0 Å². The summed E-state index contributed by atoms with van der Waals surface area (Å²) in [6.07, 6.45) is 0.107. The number of rotatable bonds is 5. The van der Waals surface area contributed by atoms with Gasteiger partial charge in [0, 0.05) is 22.1 Å². The molecule has 0 spiro atoms. The molecule has 0 aliphatic heterocycles. The highest BCUT2D eigenvalue weighted by Crippen LogP contribution is 2.31. The third kappa shape index (κ3) is 3.44. The number of carbonyl (C=O) groups is 1. The third-order valence-corrected chi connectivity index (χ3v) is 4.49. The number of hydrogen-bond donors (Lipinski definition) is 0. The topological polar surface area (TPSA) is 61.2 Å². The van der Waals surface area contributed by atoms with Crippen molar-refractivity contribution >= 4 is 17.3 Å². The smallest absolute Gasteiger partial charge is 0.307 e. The molecule has 5 nitrogen and oxygen atoms in total. The van der Waals surface area contributed by atoms with Crippen LogP contribution in [0.4, 0.5) is 0 Å². The number of hydrogen-bond acceptors (Lipinski definition) is 5. The minimum atomic E-state index is -0.368. The van der Waals surface area contributed by atoms with Gasteiger partial charge in [-0.25, -0.2) is 4.68 Å². The number of carbonyl (C=O) groups excluding carboxylic acids is 1. The Morgan fingerprint density at radius 2 is 2.00 bits per heavy atom. The van der Waals surface area contributed by atoms with E-state index in [0.29, 0.717) is 0 Å². The standard InChI is InChI=1S/C18H16N2O3S/c1-23-17(22)9-10-20-16(21)12-14(15-8-5-11-24-15)18(19-20)13-6-3-2-4-7-13/h2-8,11-12H,9-10H2,1H3. The summed E-state index contributed by atoms with van der Waals surface area (Å²) in [7, 11) is 1.33. The lowest BCUT2D eigenvalue weighted by Crippen LogP contribution is -2.24. The molecule has 0 amide bonds. The Balaban J connectivity index is 2.09. The van der Waals surface area contributed by atoms with Crippen LogP contribution in [-0.2, 0) is 16.1 Å². The lowest BCUT2D eigenvalue weighted by molar-refractivity contribution is -0.140. The number of methoxy groups -OCH3 is 1. The average Bonchev–Trinajstić information content (AvgIpc) is 3.15. The SMILES string of the molecule is COC(=O)CCn1nc(-c2ccccc2)c(-c2cccs2)cc1=O. The zero-order valence-corrected chi connectivity index (χ0v) is 14.0. The predicted octanol–water partition coefficient (Wildman–Crippen LogP) is 3.20. The van der Waals surface area contributed by atoms with Crippen LogP contribution < -0.4 is 5.56 Å². The molecule has 0 bridgehead atoms. The largest absolute Gasteiger partial charge is 0.469 e. The molecule has 0 fully saturated rings. The first-order valence-electron chi connectivity index (χ1n) is 7.47. The molecular weight excluding hydrogens is 324 g/mol. The van der Waals surface area contributed by atoms with E-state index in [1.807, 2.05) is 47.8 Å². The molecule has 0 saturated carbocycles. The fourth-order valence-corrected chi connectivity index (χ4v) is 3.12. The molecule has 2 aromatic heterocycles. The van der Waals surface area contributed by atoms with Gasteiger partial charge in [0.25, 0.3) is 5.56 Å². The van der Waals surface area contributed by atoms with Crippen molar-refractivity contribution in [1.82, 2.24) is 9.78 Å². The Labute approximate surface area is 143 Å². The van der Waals surface area contributed by atoms with E-state index in [1.165, 1.54) is 11.8 Å². The monoisotopic (exact) mass is 340 g/mol. The number of ether oxygens (including phenoxy) is 1. The van der Waals surface area contributed by atoms with Gasteiger partial charge in [0.1, 0.15) is 0 Å². The number of aromatic nitrogens is 2. The van der Waals surface area contributed by atoms with Gasteiger partial charge in [-0.2, -0.15) is 5.10 Å². The number of thiophene rings is 1. The molecule has 0 aliphatic carbocycles. The highest BCUT2D eigenvalue weighted by Gasteiger charge is 2.14. The van der Waals surface area contributed by atoms with Gasteiger partial charge in [-0.3, -0.25) is 9.59 Å². The second-order valence-electron chi connectivity index (χ2n) is 5.14. The van der Waals surface area contributed by atoms with Gasteiger partial charge in [-0.1, -0.05) is 36.4 Å². The van der Waals surface area contributed by atoms with Crippen LogP contribution in [-0.4, -0.2) is 22.9 Å². The van der Waals surface area contributed by atoms with Crippen LogP contribution in [0, 0.1) is 0 Å². The molecule has 3 rings (SSSR count). The molecule has 0 unspecified atom stereocenters. The summed E-state index contributed by atoms with van der Waals surface area (Å²) >= 11 is 1.56. The van der Waals surface area contributed by atoms with Crippen LogP contribution in [0.1, 0.15) is 6.42 Å². The van der Waals surface area contributed by atoms with Crippen molar-refractivity contribution < 1.29 is 9.53 Å². The van der Waals surface area contributed by atoms with E-state index in [0.717, 1.165) is 21.7 Å². The highest BCUT2D eigenvalue weighted by molar-refractivity contribution is 7.13. The quantitative estimate of drug-likeness (QED) is 0.669. The molecule has 24 heavy (non-hydrogen) atoms. The van der Waals surface area contributed by atoms with Crippen molar-refractivity contribution in [3.8, 4) is 21.7 Å². The van der Waals surface area contributed by atoms with Crippen molar-refractivity contribution in [2.75, 3.05) is 7.11 Å². The molecular formula is C18H16N2O3S. The zero-order valence-electron chi connectivity index (χ0n) is 13.1. The summed E-state index contributed by atoms with van der Waals surface area (Å²) in [6, 6.07) is 15.2. The molecule has 0 radical (unpaired) electrons. The summed E-state index contributed by atoms with van der Waals surface area (Å²) in [5.74, 6) is -0.368. The van der Waals surface area contributed by atoms with Crippen molar-refractivity contribution in [2.24, 2.45) is 0 Å². The van der Waals surface area contributed by atoms with E-state index in [-0.39, 0.29) is 24.5 Å². The van der Waals surface area contributed by atoms with E-state index in [4.69, 9.17) is 0 Å². The Morgan fingerprint density at radius 3 is 2.67 bits per heavy atom. The molecule has 1 aromatic carbocycles. The molecule has 122 valence electrons. The first kappa shape index (κ1) is 16.1. The number of esters is 1. The van der Waals surface area contributed by atoms with Crippen LogP contribution >= 0.6 is 11.3 Å². The summed E-state index contributed by atoms with van der Waals surface area (Å²) in [6.45, 7) is 0.191. The summed E-state index contributed by atoms with van der Waals surface area (Å²) in [4.78, 5) is 24.7. The molecule has 2 heterocycles. The molecule has 6 heteroatoms. The normalized spacial score (nSPS) is 10.5. The maximum absolute atomic E-state index is 12.4. The summed E-state index contributed by atoms with van der Waals surface area (Å²) in [5.41, 5.74) is 2.22. The van der Waals surface area contributed by atoms with Gasteiger partial charge in [0.15, 0.2) is 0 Å². The van der Waals surface area contributed by atoms with Gasteiger partial charge in [-0.15, -0.1) is 11.3 Å². The van der Waals surface area contributed by atoms with Crippen molar-refractivity contribution in [1.29, 1.82) is 0 Å². The van der Waals surface area contributed by atoms with Crippen LogP contribution in [0.25, 0.3) is 21.7 Å². The van der Waals surface area contributed by atoms with Gasteiger partial charge >= 0.3 is 5.97 Å². The Morgan fingerprint density at radius 1 is 1.21 bits per heavy atom. The van der Waals surface area contributed by atoms with Crippen LogP contribution in [0.5, 0.6) is 0 Å². The zero-order chi connectivity index (χ0) is 16.9. The average molecular weight is 340 g/mol. The van der Waals surface area contributed by atoms with Gasteiger partial charge in [0.2, 0.25) is 0 Å². The number of nitrogens with zero attached hydrogens (tertiary/aromatic N) is 2. The second-order valence-corrected chi connectivity index (χ2v) is 6.09. The molecule has 0 N–H and O–H groups in total. The fraction of sp³-hybridized carbons (Fsp3) is 0.167. The van der Waals surface area contributed by atoms with E-state index < -0.39 is 0 Å². The van der Waals surface area contributed by atoms with E-state index in [9.17, 15) is 9.59 Å². The van der Waals surface area contributed by atoms with Gasteiger partial charge in [-0.05, 0) is 11.4 Å². The maximum atomic E-state index is 12.4. The predicted molar refractivity (Wildman–Crippen MR) is 93.9 cm³/mol. The minimum Gasteiger partial charge on any atom is -0.469 e. The highest BCUT2D eigenvalue weighted by atomic mass is 32.1. The molecule has 0 atom stereocenters. The molecule has 0 aliphatic rings. The van der Waals surface area contributed by atoms with Crippen molar-refractivity contribution in [3.05, 3.63) is 64.3 Å². The van der Waals surface area contributed by atoms with Crippen LogP contribution in [0.2, 0.25) is 0 Å². The number of aryl methyl sites for hydroxylation is 1. The van der Waals surface area contributed by atoms with Crippen LogP contribution in [0.15, 0.2) is 58.7 Å². The number of benzene rings is 1. The van der Waals surface area contributed by atoms with Gasteiger partial charge < -0.3 is 4.74 Å². The first-order chi connectivity index (χ1) is 11.7. The second kappa shape index (κ2) is 7.23. The first-order valence-corrected chi connectivity index (χ1v) is 8.35. The minimum absolute atomic E-state index is 0.107. The summed E-state index contributed by atoms with van der Waals surface area (Å²) < 4.78 is 5.94. The molecule has 0 saturated heterocycles. The summed E-state index contributed by atoms with van der Waals surface area (Å²) in [5, 5.41) is 6.47. The molecule has 3 aromatic rings. The Hall–Kier alpha value is -2.73. The van der Waals surface area contributed by atoms with E-state index in [1.54, 1.807) is 17.4 Å². The van der Waals surface area contributed by atoms with E-state index in [2.05, 4.69) is 9.84 Å². The Kier molecular flexibility index (Phi) is 4.86.